The van der Waals surface area contributed by atoms with Crippen molar-refractivity contribution in [2.24, 2.45) is 11.7 Å². The second-order valence-corrected chi connectivity index (χ2v) is 10.3. The van der Waals surface area contributed by atoms with Gasteiger partial charge in [0.1, 0.15) is 6.23 Å². The van der Waals surface area contributed by atoms with Crippen molar-refractivity contribution in [3.05, 3.63) is 71.8 Å². The van der Waals surface area contributed by atoms with E-state index in [1.54, 1.807) is 9.80 Å². The molecule has 7 heteroatoms. The fourth-order valence-corrected chi connectivity index (χ4v) is 5.40. The van der Waals surface area contributed by atoms with Crippen LogP contribution in [0.25, 0.3) is 0 Å². The summed E-state index contributed by atoms with van der Waals surface area (Å²) < 4.78 is 0. The maximum Gasteiger partial charge on any atom is 0.240 e. The molecule has 1 heterocycles. The highest BCUT2D eigenvalue weighted by Gasteiger charge is 2.40. The number of carbonyl (C=O) groups excluding carboxylic acids is 2. The highest BCUT2D eigenvalue weighted by molar-refractivity contribution is 5.85. The largest absolute Gasteiger partial charge is 0.376 e. The number of β-amino-alcohol motifs (C(OH)–C–C–N with tert-alkyl or cyclic N) is 1. The number of piperazine rings is 1. The van der Waals surface area contributed by atoms with Crippen LogP contribution in [0.3, 0.4) is 0 Å². The van der Waals surface area contributed by atoms with Crippen LogP contribution >= 0.6 is 0 Å². The summed E-state index contributed by atoms with van der Waals surface area (Å²) >= 11 is 0. The average Bonchev–Trinajstić information content (AvgIpc) is 2.90. The summed E-state index contributed by atoms with van der Waals surface area (Å²) in [5.41, 5.74) is 8.25. The van der Waals surface area contributed by atoms with E-state index in [0.29, 0.717) is 25.4 Å². The molecule has 0 bridgehead atoms. The third-order valence-electron chi connectivity index (χ3n) is 7.58. The second kappa shape index (κ2) is 13.0. The molecule has 0 spiro atoms. The van der Waals surface area contributed by atoms with Gasteiger partial charge in [-0.3, -0.25) is 14.5 Å². The van der Waals surface area contributed by atoms with E-state index in [1.807, 2.05) is 48.5 Å². The smallest absolute Gasteiger partial charge is 0.240 e. The number of benzene rings is 2. The molecule has 7 nitrogen and oxygen atoms in total. The number of amides is 2. The first-order valence-corrected chi connectivity index (χ1v) is 13.3. The first-order valence-electron chi connectivity index (χ1n) is 13.3. The average molecular weight is 493 g/mol. The van der Waals surface area contributed by atoms with E-state index in [1.165, 1.54) is 5.56 Å². The van der Waals surface area contributed by atoms with E-state index in [4.69, 9.17) is 5.73 Å². The van der Waals surface area contributed by atoms with Gasteiger partial charge in [0.25, 0.3) is 0 Å². The Kier molecular flexibility index (Phi) is 9.50. The van der Waals surface area contributed by atoms with Gasteiger partial charge in [-0.1, -0.05) is 60.7 Å². The number of nitrogens with zero attached hydrogens (tertiary/aromatic N) is 2. The zero-order valence-electron chi connectivity index (χ0n) is 21.1. The second-order valence-electron chi connectivity index (χ2n) is 10.3. The first kappa shape index (κ1) is 26.3. The van der Waals surface area contributed by atoms with Crippen LogP contribution in [0.4, 0.5) is 0 Å². The summed E-state index contributed by atoms with van der Waals surface area (Å²) in [6.07, 6.45) is 5.33. The zero-order chi connectivity index (χ0) is 25.3. The number of hydrogen-bond acceptors (Lipinski definition) is 5. The predicted molar refractivity (Wildman–Crippen MR) is 141 cm³/mol. The molecule has 36 heavy (non-hydrogen) atoms. The normalized spacial score (nSPS) is 25.1. The SMILES string of the molecule is NC1CCC(CNC(=O)CN2C(O)CN(CCCc3ccccc3)C(=O)[C@H]2Cc2ccccc2)CC1. The van der Waals surface area contributed by atoms with E-state index in [9.17, 15) is 14.7 Å². The number of nitrogens with one attached hydrogen (secondary N) is 1. The van der Waals surface area contributed by atoms with Gasteiger partial charge in [0.05, 0.1) is 19.1 Å². The third kappa shape index (κ3) is 7.38. The highest BCUT2D eigenvalue weighted by atomic mass is 16.3. The van der Waals surface area contributed by atoms with E-state index in [2.05, 4.69) is 17.4 Å². The fourth-order valence-electron chi connectivity index (χ4n) is 5.40. The minimum Gasteiger partial charge on any atom is -0.376 e. The molecule has 2 amide bonds. The summed E-state index contributed by atoms with van der Waals surface area (Å²) in [5, 5.41) is 14.1. The summed E-state index contributed by atoms with van der Waals surface area (Å²) in [6, 6.07) is 19.7. The van der Waals surface area contributed by atoms with Crippen LogP contribution in [-0.2, 0) is 22.4 Å². The number of rotatable bonds is 10. The molecular weight excluding hydrogens is 452 g/mol. The number of nitrogens with two attached hydrogens (primary N) is 1. The molecular formula is C29H40N4O3. The summed E-state index contributed by atoms with van der Waals surface area (Å²) in [7, 11) is 0. The number of carbonyl (C=O) groups is 2. The van der Waals surface area contributed by atoms with Crippen molar-refractivity contribution in [3.63, 3.8) is 0 Å². The zero-order valence-corrected chi connectivity index (χ0v) is 21.1. The molecule has 194 valence electrons. The molecule has 2 aromatic carbocycles. The molecule has 0 radical (unpaired) electrons. The van der Waals surface area contributed by atoms with Crippen LogP contribution in [0, 0.1) is 5.92 Å². The summed E-state index contributed by atoms with van der Waals surface area (Å²) in [6.45, 7) is 1.43. The molecule has 2 aliphatic rings. The lowest BCUT2D eigenvalue weighted by molar-refractivity contribution is -0.159. The molecule has 4 N–H and O–H groups in total. The Balaban J connectivity index is 1.37. The molecule has 2 fully saturated rings. The van der Waals surface area contributed by atoms with Crippen molar-refractivity contribution in [2.45, 2.75) is 63.3 Å². The van der Waals surface area contributed by atoms with Crippen LogP contribution in [-0.4, -0.2) is 71.2 Å². The maximum atomic E-state index is 13.6. The Morgan fingerprint density at radius 1 is 0.972 bits per heavy atom. The van der Waals surface area contributed by atoms with Crippen LogP contribution in [0.15, 0.2) is 60.7 Å². The predicted octanol–water partition coefficient (Wildman–Crippen LogP) is 2.33. The number of hydrogen-bond donors (Lipinski definition) is 3. The molecule has 2 atom stereocenters. The molecule has 1 unspecified atom stereocenters. The number of aliphatic hydroxyl groups excluding tert-OH is 1. The molecule has 4 rings (SSSR count). The van der Waals surface area contributed by atoms with E-state index < -0.39 is 12.3 Å². The van der Waals surface area contributed by atoms with Gasteiger partial charge in [0.15, 0.2) is 0 Å². The monoisotopic (exact) mass is 492 g/mol. The molecule has 1 aliphatic carbocycles. The van der Waals surface area contributed by atoms with Crippen LogP contribution in [0.1, 0.15) is 43.2 Å². The topological polar surface area (TPSA) is 98.9 Å². The minimum absolute atomic E-state index is 0.00843. The lowest BCUT2D eigenvalue weighted by atomic mass is 9.86. The van der Waals surface area contributed by atoms with E-state index >= 15 is 0 Å². The van der Waals surface area contributed by atoms with Gasteiger partial charge in [0, 0.05) is 19.1 Å². The van der Waals surface area contributed by atoms with Crippen LogP contribution in [0.5, 0.6) is 0 Å². The Hall–Kier alpha value is -2.74. The highest BCUT2D eigenvalue weighted by Crippen LogP contribution is 2.23. The van der Waals surface area contributed by atoms with Gasteiger partial charge in [-0.05, 0) is 62.0 Å². The van der Waals surface area contributed by atoms with Crippen molar-refractivity contribution in [1.29, 1.82) is 0 Å². The Bertz CT molecular complexity index is 963. The van der Waals surface area contributed by atoms with Gasteiger partial charge in [-0.15, -0.1) is 0 Å². The van der Waals surface area contributed by atoms with Gasteiger partial charge in [-0.25, -0.2) is 0 Å². The van der Waals surface area contributed by atoms with E-state index in [0.717, 1.165) is 44.1 Å². The molecule has 1 saturated heterocycles. The third-order valence-corrected chi connectivity index (χ3v) is 7.58. The van der Waals surface area contributed by atoms with Crippen molar-refractivity contribution in [2.75, 3.05) is 26.2 Å². The maximum absolute atomic E-state index is 13.6. The van der Waals surface area contributed by atoms with Crippen LogP contribution < -0.4 is 11.1 Å². The van der Waals surface area contributed by atoms with Gasteiger partial charge in [-0.2, -0.15) is 0 Å². The molecule has 1 saturated carbocycles. The molecule has 2 aromatic rings. The first-order chi connectivity index (χ1) is 17.5. The lowest BCUT2D eigenvalue weighted by Crippen LogP contribution is -2.64. The summed E-state index contributed by atoms with van der Waals surface area (Å²) in [5.74, 6) is 0.278. The standard InChI is InChI=1S/C29H40N4O3/c30-25-15-13-24(14-16-25)19-31-27(34)20-33-26(18-23-10-5-2-6-11-23)29(36)32(21-28(33)35)17-7-12-22-8-3-1-4-9-22/h1-6,8-11,24-26,28,35H,7,12-21,30H2,(H,31,34)/t24?,25?,26-,28?/m1/s1. The van der Waals surface area contributed by atoms with Gasteiger partial charge in [0.2, 0.25) is 11.8 Å². The Morgan fingerprint density at radius 2 is 1.61 bits per heavy atom. The van der Waals surface area contributed by atoms with Crippen molar-refractivity contribution in [1.82, 2.24) is 15.1 Å². The minimum atomic E-state index is -0.883. The van der Waals surface area contributed by atoms with Crippen molar-refractivity contribution < 1.29 is 14.7 Å². The van der Waals surface area contributed by atoms with Crippen molar-refractivity contribution >= 4 is 11.8 Å². The fraction of sp³-hybridized carbons (Fsp3) is 0.517. The summed E-state index contributed by atoms with van der Waals surface area (Å²) in [4.78, 5) is 29.9. The van der Waals surface area contributed by atoms with E-state index in [-0.39, 0.29) is 30.9 Å². The van der Waals surface area contributed by atoms with Gasteiger partial charge < -0.3 is 21.1 Å². The van der Waals surface area contributed by atoms with Crippen molar-refractivity contribution in [3.8, 4) is 0 Å². The number of aryl methyl sites for hydroxylation is 1. The quantitative estimate of drug-likeness (QED) is 0.473. The van der Waals surface area contributed by atoms with Gasteiger partial charge >= 0.3 is 0 Å². The molecule has 1 aliphatic heterocycles. The Morgan fingerprint density at radius 3 is 2.28 bits per heavy atom. The van der Waals surface area contributed by atoms with Crippen LogP contribution in [0.2, 0.25) is 0 Å². The Labute approximate surface area is 214 Å². The lowest BCUT2D eigenvalue weighted by Gasteiger charge is -2.43. The number of aliphatic hydroxyl groups is 1. The molecule has 0 aromatic heterocycles.